The van der Waals surface area contributed by atoms with E-state index in [-0.39, 0.29) is 6.61 Å². The lowest BCUT2D eigenvalue weighted by Gasteiger charge is -2.16. The van der Waals surface area contributed by atoms with Crippen molar-refractivity contribution in [3.63, 3.8) is 0 Å². The number of ether oxygens (including phenoxy) is 2. The maximum absolute atomic E-state index is 11.0. The van der Waals surface area contributed by atoms with Crippen LogP contribution in [0, 0.1) is 6.92 Å². The minimum atomic E-state index is -0.422. The van der Waals surface area contributed by atoms with Crippen LogP contribution in [0.3, 0.4) is 0 Å². The van der Waals surface area contributed by atoms with E-state index in [2.05, 4.69) is 19.6 Å². The minimum absolute atomic E-state index is 0.133. The van der Waals surface area contributed by atoms with Gasteiger partial charge in [-0.15, -0.1) is 0 Å². The Kier molecular flexibility index (Phi) is 3.96. The first kappa shape index (κ1) is 12.6. The zero-order valence-electron chi connectivity index (χ0n) is 10.7. The monoisotopic (exact) mass is 251 g/mol. The molecule has 0 saturated carbocycles. The third-order valence-electron chi connectivity index (χ3n) is 2.77. The molecule has 0 bridgehead atoms. The highest BCUT2D eigenvalue weighted by Crippen LogP contribution is 2.19. The van der Waals surface area contributed by atoms with Crippen LogP contribution in [-0.2, 0) is 9.53 Å². The van der Waals surface area contributed by atoms with E-state index in [0.29, 0.717) is 11.8 Å². The molecule has 0 aliphatic carbocycles. The van der Waals surface area contributed by atoms with Gasteiger partial charge >= 0.3 is 5.97 Å². The molecule has 98 valence electrons. The first-order chi connectivity index (χ1) is 8.69. The van der Waals surface area contributed by atoms with Gasteiger partial charge in [0.25, 0.3) is 0 Å². The zero-order chi connectivity index (χ0) is 13.0. The highest BCUT2D eigenvalue weighted by molar-refractivity contribution is 5.70. The molecular formula is C12H17N3O3. The number of hydrogen-bond donors (Lipinski definition) is 0. The lowest BCUT2D eigenvalue weighted by molar-refractivity contribution is -0.143. The van der Waals surface area contributed by atoms with Gasteiger partial charge in [-0.3, -0.25) is 0 Å². The molecule has 0 unspecified atom stereocenters. The van der Waals surface area contributed by atoms with E-state index in [4.69, 9.17) is 4.74 Å². The van der Waals surface area contributed by atoms with Crippen molar-refractivity contribution in [3.05, 3.63) is 11.8 Å². The molecule has 0 N–H and O–H groups in total. The second-order valence-electron chi connectivity index (χ2n) is 4.21. The number of aromatic nitrogens is 2. The van der Waals surface area contributed by atoms with Gasteiger partial charge in [0.2, 0.25) is 11.8 Å². The molecule has 0 atom stereocenters. The summed E-state index contributed by atoms with van der Waals surface area (Å²) in [5, 5.41) is 0. The molecule has 1 fully saturated rings. The Bertz CT molecular complexity index is 431. The molecule has 1 aliphatic heterocycles. The largest absolute Gasteiger partial charge is 0.466 e. The van der Waals surface area contributed by atoms with E-state index < -0.39 is 5.97 Å². The second kappa shape index (κ2) is 5.66. The van der Waals surface area contributed by atoms with Gasteiger partial charge in [0.05, 0.1) is 7.11 Å². The number of carbonyl (C=O) groups excluding carboxylic acids is 1. The summed E-state index contributed by atoms with van der Waals surface area (Å²) in [6.45, 7) is 3.69. The van der Waals surface area contributed by atoms with Crippen LogP contribution in [-0.4, -0.2) is 42.7 Å². The molecule has 18 heavy (non-hydrogen) atoms. The van der Waals surface area contributed by atoms with E-state index >= 15 is 0 Å². The van der Waals surface area contributed by atoms with Crippen LogP contribution in [0.4, 0.5) is 5.95 Å². The summed E-state index contributed by atoms with van der Waals surface area (Å²) < 4.78 is 9.80. The Hall–Kier alpha value is -1.85. The molecule has 1 aromatic heterocycles. The topological polar surface area (TPSA) is 64.6 Å². The van der Waals surface area contributed by atoms with Gasteiger partial charge in [0, 0.05) is 24.8 Å². The third kappa shape index (κ3) is 3.09. The number of aryl methyl sites for hydroxylation is 1. The van der Waals surface area contributed by atoms with E-state index in [1.807, 2.05) is 6.92 Å². The highest BCUT2D eigenvalue weighted by atomic mass is 16.6. The molecule has 6 heteroatoms. The number of hydrogen-bond acceptors (Lipinski definition) is 6. The van der Waals surface area contributed by atoms with Crippen LogP contribution in [0.5, 0.6) is 5.88 Å². The predicted molar refractivity (Wildman–Crippen MR) is 65.7 cm³/mol. The van der Waals surface area contributed by atoms with Crippen molar-refractivity contribution < 1.29 is 14.3 Å². The van der Waals surface area contributed by atoms with Gasteiger partial charge in [-0.2, -0.15) is 4.98 Å². The zero-order valence-corrected chi connectivity index (χ0v) is 10.7. The van der Waals surface area contributed by atoms with E-state index in [1.54, 1.807) is 6.07 Å². The van der Waals surface area contributed by atoms with Gasteiger partial charge in [-0.25, -0.2) is 9.78 Å². The van der Waals surface area contributed by atoms with Crippen molar-refractivity contribution in [1.82, 2.24) is 9.97 Å². The summed E-state index contributed by atoms with van der Waals surface area (Å²) in [5.74, 6) is 0.663. The van der Waals surface area contributed by atoms with Gasteiger partial charge < -0.3 is 14.4 Å². The van der Waals surface area contributed by atoms with Crippen molar-refractivity contribution in [3.8, 4) is 5.88 Å². The fourth-order valence-electron chi connectivity index (χ4n) is 1.85. The summed E-state index contributed by atoms with van der Waals surface area (Å²) in [7, 11) is 1.33. The summed E-state index contributed by atoms with van der Waals surface area (Å²) in [5.41, 5.74) is 0.826. The smallest absolute Gasteiger partial charge is 0.343 e. The molecular weight excluding hydrogens is 234 g/mol. The predicted octanol–water partition coefficient (Wildman–Crippen LogP) is 0.937. The quantitative estimate of drug-likeness (QED) is 0.742. The Balaban J connectivity index is 2.08. The third-order valence-corrected chi connectivity index (χ3v) is 2.77. The van der Waals surface area contributed by atoms with E-state index in [9.17, 15) is 4.79 Å². The average Bonchev–Trinajstić information content (AvgIpc) is 2.89. The summed E-state index contributed by atoms with van der Waals surface area (Å²) >= 11 is 0. The molecule has 1 aromatic rings. The molecule has 0 aromatic carbocycles. The van der Waals surface area contributed by atoms with E-state index in [0.717, 1.165) is 31.6 Å². The first-order valence-electron chi connectivity index (χ1n) is 5.99. The van der Waals surface area contributed by atoms with Crippen molar-refractivity contribution >= 4 is 11.9 Å². The maximum atomic E-state index is 11.0. The van der Waals surface area contributed by atoms with Crippen LogP contribution < -0.4 is 9.64 Å². The van der Waals surface area contributed by atoms with Gasteiger partial charge in [-0.05, 0) is 19.8 Å². The number of rotatable bonds is 4. The first-order valence-corrected chi connectivity index (χ1v) is 5.99. The maximum Gasteiger partial charge on any atom is 0.343 e. The SMILES string of the molecule is COC(=O)COc1cc(C)nc(N2CCCC2)n1. The fourth-order valence-corrected chi connectivity index (χ4v) is 1.85. The van der Waals surface area contributed by atoms with Crippen molar-refractivity contribution in [2.24, 2.45) is 0 Å². The van der Waals surface area contributed by atoms with Crippen LogP contribution in [0.2, 0.25) is 0 Å². The van der Waals surface area contributed by atoms with Crippen LogP contribution in [0.15, 0.2) is 6.07 Å². The summed E-state index contributed by atoms with van der Waals surface area (Å²) in [6, 6.07) is 1.71. The lowest BCUT2D eigenvalue weighted by atomic mass is 10.4. The molecule has 0 spiro atoms. The molecule has 0 amide bonds. The molecule has 1 aliphatic rings. The van der Waals surface area contributed by atoms with Crippen molar-refractivity contribution in [2.75, 3.05) is 31.7 Å². The Morgan fingerprint density at radius 2 is 2.11 bits per heavy atom. The molecule has 6 nitrogen and oxygen atoms in total. The molecule has 2 rings (SSSR count). The second-order valence-corrected chi connectivity index (χ2v) is 4.21. The number of methoxy groups -OCH3 is 1. The highest BCUT2D eigenvalue weighted by Gasteiger charge is 2.16. The van der Waals surface area contributed by atoms with Gasteiger partial charge in [0.15, 0.2) is 6.61 Å². The van der Waals surface area contributed by atoms with Gasteiger partial charge in [0.1, 0.15) is 0 Å². The van der Waals surface area contributed by atoms with Crippen LogP contribution in [0.25, 0.3) is 0 Å². The number of anilines is 1. The minimum Gasteiger partial charge on any atom is -0.466 e. The lowest BCUT2D eigenvalue weighted by Crippen LogP contribution is -2.21. The van der Waals surface area contributed by atoms with Crippen LogP contribution >= 0.6 is 0 Å². The summed E-state index contributed by atoms with van der Waals surface area (Å²) in [6.07, 6.45) is 2.32. The molecule has 0 radical (unpaired) electrons. The van der Waals surface area contributed by atoms with Crippen LogP contribution in [0.1, 0.15) is 18.5 Å². The van der Waals surface area contributed by atoms with Crippen molar-refractivity contribution in [1.29, 1.82) is 0 Å². The standard InChI is InChI=1S/C12H17N3O3/c1-9-7-10(18-8-11(16)17-2)14-12(13-9)15-5-3-4-6-15/h7H,3-6,8H2,1-2H3. The Morgan fingerprint density at radius 3 is 2.78 bits per heavy atom. The number of carbonyl (C=O) groups is 1. The normalized spacial score (nSPS) is 14.7. The molecule has 2 heterocycles. The fraction of sp³-hybridized carbons (Fsp3) is 0.583. The Labute approximate surface area is 106 Å². The molecule has 1 saturated heterocycles. The number of nitrogens with zero attached hydrogens (tertiary/aromatic N) is 3. The Morgan fingerprint density at radius 1 is 1.39 bits per heavy atom. The van der Waals surface area contributed by atoms with Gasteiger partial charge in [-0.1, -0.05) is 0 Å². The summed E-state index contributed by atoms with van der Waals surface area (Å²) in [4.78, 5) is 21.8. The number of esters is 1. The van der Waals surface area contributed by atoms with Crippen molar-refractivity contribution in [2.45, 2.75) is 19.8 Å². The average molecular weight is 251 g/mol. The van der Waals surface area contributed by atoms with E-state index in [1.165, 1.54) is 7.11 Å².